The van der Waals surface area contributed by atoms with Gasteiger partial charge in [-0.15, -0.1) is 0 Å². The third-order valence-electron chi connectivity index (χ3n) is 3.42. The number of rotatable bonds is 6. The van der Waals surface area contributed by atoms with E-state index in [9.17, 15) is 4.79 Å². The Balaban J connectivity index is 1.67. The van der Waals surface area contributed by atoms with Crippen LogP contribution < -0.4 is 11.1 Å². The molecule has 1 aromatic rings. The number of benzene rings is 1. The van der Waals surface area contributed by atoms with Gasteiger partial charge in [0.05, 0.1) is 0 Å². The second kappa shape index (κ2) is 7.31. The summed E-state index contributed by atoms with van der Waals surface area (Å²) >= 11 is 5.79. The molecule has 114 valence electrons. The van der Waals surface area contributed by atoms with Gasteiger partial charge in [-0.05, 0) is 43.5 Å². The molecule has 2 rings (SSSR count). The zero-order valence-electron chi connectivity index (χ0n) is 12.2. The van der Waals surface area contributed by atoms with Crippen molar-refractivity contribution in [2.45, 2.75) is 31.7 Å². The van der Waals surface area contributed by atoms with Crippen molar-refractivity contribution in [2.75, 3.05) is 18.9 Å². The Morgan fingerprint density at radius 1 is 1.43 bits per heavy atom. The van der Waals surface area contributed by atoms with Gasteiger partial charge in [-0.1, -0.05) is 11.6 Å². The molecule has 0 unspecified atom stereocenters. The van der Waals surface area contributed by atoms with Crippen molar-refractivity contribution in [3.8, 4) is 0 Å². The maximum absolute atomic E-state index is 11.8. The van der Waals surface area contributed by atoms with Gasteiger partial charge < -0.3 is 16.0 Å². The number of guanidine groups is 1. The van der Waals surface area contributed by atoms with E-state index >= 15 is 0 Å². The van der Waals surface area contributed by atoms with Crippen LogP contribution in [-0.4, -0.2) is 36.4 Å². The van der Waals surface area contributed by atoms with Gasteiger partial charge in [-0.3, -0.25) is 9.79 Å². The average Bonchev–Trinajstić information content (AvgIpc) is 3.29. The molecule has 0 bridgehead atoms. The lowest BCUT2D eigenvalue weighted by atomic mass is 10.2. The molecule has 0 radical (unpaired) electrons. The Kier molecular flexibility index (Phi) is 5.44. The van der Waals surface area contributed by atoms with Gasteiger partial charge in [0.2, 0.25) is 5.91 Å². The highest BCUT2D eigenvalue weighted by atomic mass is 35.5. The molecule has 1 aliphatic rings. The molecule has 0 saturated heterocycles. The van der Waals surface area contributed by atoms with Crippen LogP contribution in [0.4, 0.5) is 5.69 Å². The second-order valence-electron chi connectivity index (χ2n) is 5.24. The molecule has 1 aromatic carbocycles. The number of amides is 1. The van der Waals surface area contributed by atoms with Gasteiger partial charge in [0.15, 0.2) is 5.96 Å². The van der Waals surface area contributed by atoms with E-state index in [2.05, 4.69) is 10.3 Å². The molecule has 1 fully saturated rings. The number of anilines is 1. The van der Waals surface area contributed by atoms with E-state index in [1.54, 1.807) is 24.3 Å². The second-order valence-corrected chi connectivity index (χ2v) is 5.68. The number of hydrogen-bond acceptors (Lipinski definition) is 2. The standard InChI is InChI=1S/C15H21ClN4O/c1-20(13-8-9-13)15(17)18-10-2-3-14(21)19-12-6-4-11(16)5-7-12/h4-7,13H,2-3,8-10H2,1H3,(H2,17,18)(H,19,21). The normalized spacial score (nSPS) is 14.9. The number of hydrogen-bond donors (Lipinski definition) is 2. The lowest BCUT2D eigenvalue weighted by Gasteiger charge is -2.16. The van der Waals surface area contributed by atoms with E-state index in [0.29, 0.717) is 36.4 Å². The molecule has 0 spiro atoms. The molecule has 5 nitrogen and oxygen atoms in total. The van der Waals surface area contributed by atoms with Crippen molar-refractivity contribution in [3.05, 3.63) is 29.3 Å². The highest BCUT2D eigenvalue weighted by Gasteiger charge is 2.27. The Morgan fingerprint density at radius 2 is 2.10 bits per heavy atom. The minimum atomic E-state index is -0.0263. The van der Waals surface area contributed by atoms with E-state index in [-0.39, 0.29) is 5.91 Å². The lowest BCUT2D eigenvalue weighted by Crippen LogP contribution is -2.35. The summed E-state index contributed by atoms with van der Waals surface area (Å²) in [6.07, 6.45) is 3.48. The largest absolute Gasteiger partial charge is 0.370 e. The van der Waals surface area contributed by atoms with Crippen molar-refractivity contribution >= 4 is 29.2 Å². The van der Waals surface area contributed by atoms with Gasteiger partial charge >= 0.3 is 0 Å². The summed E-state index contributed by atoms with van der Waals surface area (Å²) in [6.45, 7) is 0.566. The predicted octanol–water partition coefficient (Wildman–Crippen LogP) is 2.47. The molecule has 1 saturated carbocycles. The first-order valence-electron chi connectivity index (χ1n) is 7.14. The first-order chi connectivity index (χ1) is 10.1. The minimum absolute atomic E-state index is 0.0263. The van der Waals surface area contributed by atoms with Crippen molar-refractivity contribution < 1.29 is 4.79 Å². The molecule has 0 aromatic heterocycles. The third kappa shape index (κ3) is 5.27. The molecule has 6 heteroatoms. The van der Waals surface area contributed by atoms with Crippen molar-refractivity contribution in [2.24, 2.45) is 10.7 Å². The van der Waals surface area contributed by atoms with Crippen LogP contribution in [-0.2, 0) is 4.79 Å². The molecule has 1 aliphatic carbocycles. The monoisotopic (exact) mass is 308 g/mol. The number of carbonyl (C=O) groups excluding carboxylic acids is 1. The van der Waals surface area contributed by atoms with Gasteiger partial charge in [0.25, 0.3) is 0 Å². The third-order valence-corrected chi connectivity index (χ3v) is 3.67. The van der Waals surface area contributed by atoms with E-state index in [1.807, 2.05) is 11.9 Å². The number of aliphatic imine (C=N–C) groups is 1. The minimum Gasteiger partial charge on any atom is -0.370 e. The summed E-state index contributed by atoms with van der Waals surface area (Å²) in [4.78, 5) is 18.1. The summed E-state index contributed by atoms with van der Waals surface area (Å²) < 4.78 is 0. The summed E-state index contributed by atoms with van der Waals surface area (Å²) in [6, 6.07) is 7.61. The van der Waals surface area contributed by atoms with Gasteiger partial charge in [-0.25, -0.2) is 0 Å². The predicted molar refractivity (Wildman–Crippen MR) is 86.6 cm³/mol. The van der Waals surface area contributed by atoms with Crippen molar-refractivity contribution in [3.63, 3.8) is 0 Å². The summed E-state index contributed by atoms with van der Waals surface area (Å²) in [5.74, 6) is 0.539. The van der Waals surface area contributed by atoms with E-state index in [1.165, 1.54) is 12.8 Å². The van der Waals surface area contributed by atoms with Crippen LogP contribution in [0, 0.1) is 0 Å². The van der Waals surface area contributed by atoms with Crippen LogP contribution in [0.5, 0.6) is 0 Å². The van der Waals surface area contributed by atoms with E-state index in [0.717, 1.165) is 5.69 Å². The molecular formula is C15H21ClN4O. The fourth-order valence-corrected chi connectivity index (χ4v) is 2.08. The van der Waals surface area contributed by atoms with Crippen LogP contribution >= 0.6 is 11.6 Å². The van der Waals surface area contributed by atoms with Crippen LogP contribution in [0.3, 0.4) is 0 Å². The number of nitrogens with zero attached hydrogens (tertiary/aromatic N) is 2. The topological polar surface area (TPSA) is 70.7 Å². The zero-order chi connectivity index (χ0) is 15.2. The fourth-order valence-electron chi connectivity index (χ4n) is 1.95. The van der Waals surface area contributed by atoms with Crippen molar-refractivity contribution in [1.82, 2.24) is 4.90 Å². The van der Waals surface area contributed by atoms with Crippen molar-refractivity contribution in [1.29, 1.82) is 0 Å². The highest BCUT2D eigenvalue weighted by Crippen LogP contribution is 2.24. The quantitative estimate of drug-likeness (QED) is 0.482. The zero-order valence-corrected chi connectivity index (χ0v) is 12.9. The average molecular weight is 309 g/mol. The number of halogens is 1. The van der Waals surface area contributed by atoms with Gasteiger partial charge in [0, 0.05) is 36.8 Å². The molecular weight excluding hydrogens is 288 g/mol. The Morgan fingerprint density at radius 3 is 2.71 bits per heavy atom. The highest BCUT2D eigenvalue weighted by molar-refractivity contribution is 6.30. The molecule has 0 heterocycles. The maximum atomic E-state index is 11.8. The summed E-state index contributed by atoms with van der Waals surface area (Å²) in [5, 5.41) is 3.47. The van der Waals surface area contributed by atoms with Crippen LogP contribution in [0.15, 0.2) is 29.3 Å². The molecule has 0 aliphatic heterocycles. The fraction of sp³-hybridized carbons (Fsp3) is 0.467. The molecule has 1 amide bonds. The smallest absolute Gasteiger partial charge is 0.224 e. The number of nitrogens with one attached hydrogen (secondary N) is 1. The van der Waals surface area contributed by atoms with Crippen LogP contribution in [0.25, 0.3) is 0 Å². The SMILES string of the molecule is CN(C(N)=NCCCC(=O)Nc1ccc(Cl)cc1)C1CC1. The Bertz CT molecular complexity index is 511. The first kappa shape index (κ1) is 15.6. The van der Waals surface area contributed by atoms with E-state index in [4.69, 9.17) is 17.3 Å². The molecule has 21 heavy (non-hydrogen) atoms. The van der Waals surface area contributed by atoms with E-state index < -0.39 is 0 Å². The lowest BCUT2D eigenvalue weighted by molar-refractivity contribution is -0.116. The van der Waals surface area contributed by atoms with Gasteiger partial charge in [0.1, 0.15) is 0 Å². The molecule has 3 N–H and O–H groups in total. The maximum Gasteiger partial charge on any atom is 0.224 e. The van der Waals surface area contributed by atoms with Gasteiger partial charge in [-0.2, -0.15) is 0 Å². The summed E-state index contributed by atoms with van der Waals surface area (Å²) in [7, 11) is 1.96. The number of nitrogens with two attached hydrogens (primary N) is 1. The Labute approximate surface area is 130 Å². The molecule has 0 atom stereocenters. The first-order valence-corrected chi connectivity index (χ1v) is 7.52. The van der Waals surface area contributed by atoms with Crippen LogP contribution in [0.2, 0.25) is 5.02 Å². The Hall–Kier alpha value is -1.75. The van der Waals surface area contributed by atoms with Crippen LogP contribution in [0.1, 0.15) is 25.7 Å². The summed E-state index contributed by atoms with van der Waals surface area (Å²) in [5.41, 5.74) is 6.63. The number of carbonyl (C=O) groups is 1.